The van der Waals surface area contributed by atoms with E-state index in [2.05, 4.69) is 11.8 Å². The Morgan fingerprint density at radius 2 is 2.20 bits per heavy atom. The fourth-order valence-corrected chi connectivity index (χ4v) is 1.76. The molecule has 0 unspecified atom stereocenters. The van der Waals surface area contributed by atoms with Gasteiger partial charge in [-0.25, -0.2) is 4.79 Å². The van der Waals surface area contributed by atoms with E-state index in [0.29, 0.717) is 19.7 Å². The zero-order valence-electron chi connectivity index (χ0n) is 11.4. The number of nitrogens with zero attached hydrogens (tertiary/aromatic N) is 2. The molecule has 5 heteroatoms. The van der Waals surface area contributed by atoms with Crippen molar-refractivity contribution in [2.24, 2.45) is 12.8 Å². The SMILES string of the molecule is Cn1ccn(CCOc2cccc(C#CCN)c2)c1=O. The number of rotatable bonds is 4. The summed E-state index contributed by atoms with van der Waals surface area (Å²) in [5.41, 5.74) is 6.16. The monoisotopic (exact) mass is 271 g/mol. The van der Waals surface area contributed by atoms with Gasteiger partial charge >= 0.3 is 5.69 Å². The van der Waals surface area contributed by atoms with Gasteiger partial charge in [-0.15, -0.1) is 0 Å². The number of benzene rings is 1. The molecule has 0 aliphatic carbocycles. The molecule has 0 saturated carbocycles. The Bertz CT molecular complexity index is 689. The zero-order valence-corrected chi connectivity index (χ0v) is 11.4. The van der Waals surface area contributed by atoms with Gasteiger partial charge in [-0.05, 0) is 18.2 Å². The molecule has 0 amide bonds. The molecule has 0 fully saturated rings. The molecule has 0 aliphatic heterocycles. The molecule has 2 N–H and O–H groups in total. The van der Waals surface area contributed by atoms with Crippen LogP contribution in [0.25, 0.3) is 0 Å². The van der Waals surface area contributed by atoms with Crippen LogP contribution in [0.2, 0.25) is 0 Å². The van der Waals surface area contributed by atoms with Crippen LogP contribution < -0.4 is 16.2 Å². The fraction of sp³-hybridized carbons (Fsp3) is 0.267. The van der Waals surface area contributed by atoms with Crippen molar-refractivity contribution in [2.45, 2.75) is 6.54 Å². The Morgan fingerprint density at radius 1 is 1.35 bits per heavy atom. The summed E-state index contributed by atoms with van der Waals surface area (Å²) in [6.07, 6.45) is 3.47. The third kappa shape index (κ3) is 3.53. The predicted molar refractivity (Wildman–Crippen MR) is 77.5 cm³/mol. The molecule has 20 heavy (non-hydrogen) atoms. The van der Waals surface area contributed by atoms with Crippen molar-refractivity contribution in [3.8, 4) is 17.6 Å². The molecule has 0 spiro atoms. The standard InChI is InChI=1S/C15H17N3O2/c1-17-8-9-18(15(17)19)10-11-20-14-6-2-4-13(12-14)5-3-7-16/h2,4,6,8-9,12H,7,10-11,16H2,1H3. The van der Waals surface area contributed by atoms with Gasteiger partial charge in [0.2, 0.25) is 0 Å². The van der Waals surface area contributed by atoms with Crippen LogP contribution in [-0.4, -0.2) is 22.3 Å². The molecule has 1 aromatic carbocycles. The van der Waals surface area contributed by atoms with Crippen molar-refractivity contribution >= 4 is 0 Å². The summed E-state index contributed by atoms with van der Waals surface area (Å²) in [4.78, 5) is 11.6. The van der Waals surface area contributed by atoms with Gasteiger partial charge in [0.1, 0.15) is 12.4 Å². The summed E-state index contributed by atoms with van der Waals surface area (Å²) in [7, 11) is 1.72. The molecule has 5 nitrogen and oxygen atoms in total. The number of hydrogen-bond donors (Lipinski definition) is 1. The summed E-state index contributed by atoms with van der Waals surface area (Å²) >= 11 is 0. The molecule has 2 aromatic rings. The quantitative estimate of drug-likeness (QED) is 0.827. The van der Waals surface area contributed by atoms with E-state index < -0.39 is 0 Å². The van der Waals surface area contributed by atoms with Gasteiger partial charge in [-0.2, -0.15) is 0 Å². The van der Waals surface area contributed by atoms with Crippen molar-refractivity contribution in [3.63, 3.8) is 0 Å². The first-order chi connectivity index (χ1) is 9.70. The summed E-state index contributed by atoms with van der Waals surface area (Å²) < 4.78 is 8.77. The van der Waals surface area contributed by atoms with Crippen LogP contribution in [0.5, 0.6) is 5.75 Å². The molecule has 0 radical (unpaired) electrons. The Kier molecular flexibility index (Phi) is 4.64. The molecule has 0 saturated heterocycles. The summed E-state index contributed by atoms with van der Waals surface area (Å²) in [5.74, 6) is 6.48. The van der Waals surface area contributed by atoms with Gasteiger partial charge in [-0.3, -0.25) is 4.57 Å². The van der Waals surface area contributed by atoms with Gasteiger partial charge in [0.15, 0.2) is 0 Å². The van der Waals surface area contributed by atoms with Crippen LogP contribution in [0, 0.1) is 11.8 Å². The maximum Gasteiger partial charge on any atom is 0.327 e. The molecular formula is C15H17N3O2. The second-order valence-electron chi connectivity index (χ2n) is 4.27. The summed E-state index contributed by atoms with van der Waals surface area (Å²) in [5, 5.41) is 0. The lowest BCUT2D eigenvalue weighted by molar-refractivity contribution is 0.296. The van der Waals surface area contributed by atoms with Crippen LogP contribution in [0.3, 0.4) is 0 Å². The van der Waals surface area contributed by atoms with Crippen LogP contribution in [0.4, 0.5) is 0 Å². The van der Waals surface area contributed by atoms with Gasteiger partial charge in [-0.1, -0.05) is 17.9 Å². The Balaban J connectivity index is 1.94. The maximum absolute atomic E-state index is 11.6. The van der Waals surface area contributed by atoms with E-state index in [0.717, 1.165) is 11.3 Å². The Morgan fingerprint density at radius 3 is 2.90 bits per heavy atom. The van der Waals surface area contributed by atoms with Crippen LogP contribution in [0.15, 0.2) is 41.5 Å². The minimum absolute atomic E-state index is 0.0452. The highest BCUT2D eigenvalue weighted by Crippen LogP contribution is 2.12. The third-order valence-corrected chi connectivity index (χ3v) is 2.79. The first-order valence-corrected chi connectivity index (χ1v) is 6.34. The molecule has 0 bridgehead atoms. The molecule has 1 heterocycles. The van der Waals surface area contributed by atoms with E-state index in [9.17, 15) is 4.79 Å². The molecule has 104 valence electrons. The van der Waals surface area contributed by atoms with Crippen LogP contribution in [0.1, 0.15) is 5.56 Å². The number of ether oxygens (including phenoxy) is 1. The lowest BCUT2D eigenvalue weighted by atomic mass is 10.2. The predicted octanol–water partition coefficient (Wildman–Crippen LogP) is 0.576. The molecule has 1 aromatic heterocycles. The molecule has 0 aliphatic rings. The van der Waals surface area contributed by atoms with E-state index in [-0.39, 0.29) is 5.69 Å². The average Bonchev–Trinajstić information content (AvgIpc) is 2.78. The normalized spacial score (nSPS) is 9.90. The van der Waals surface area contributed by atoms with Crippen molar-refractivity contribution in [3.05, 3.63) is 52.7 Å². The van der Waals surface area contributed by atoms with E-state index in [4.69, 9.17) is 10.5 Å². The van der Waals surface area contributed by atoms with Gasteiger partial charge in [0.25, 0.3) is 0 Å². The van der Waals surface area contributed by atoms with E-state index in [1.54, 1.807) is 24.0 Å². The van der Waals surface area contributed by atoms with Crippen LogP contribution in [-0.2, 0) is 13.6 Å². The van der Waals surface area contributed by atoms with E-state index in [1.807, 2.05) is 24.3 Å². The molecular weight excluding hydrogens is 254 g/mol. The lowest BCUT2D eigenvalue weighted by Crippen LogP contribution is -2.24. The Labute approximate surface area is 117 Å². The van der Waals surface area contributed by atoms with Gasteiger partial charge < -0.3 is 15.0 Å². The first-order valence-electron chi connectivity index (χ1n) is 6.34. The molecule has 0 atom stereocenters. The fourth-order valence-electron chi connectivity index (χ4n) is 1.76. The van der Waals surface area contributed by atoms with E-state index in [1.165, 1.54) is 4.57 Å². The highest BCUT2D eigenvalue weighted by molar-refractivity contribution is 5.39. The van der Waals surface area contributed by atoms with Gasteiger partial charge in [0, 0.05) is 25.0 Å². The second-order valence-corrected chi connectivity index (χ2v) is 4.27. The summed E-state index contributed by atoms with van der Waals surface area (Å²) in [6.45, 7) is 1.28. The maximum atomic E-state index is 11.6. The lowest BCUT2D eigenvalue weighted by Gasteiger charge is -2.06. The van der Waals surface area contributed by atoms with Crippen molar-refractivity contribution in [1.82, 2.24) is 9.13 Å². The third-order valence-electron chi connectivity index (χ3n) is 2.79. The second kappa shape index (κ2) is 6.64. The highest BCUT2D eigenvalue weighted by atomic mass is 16.5. The smallest absolute Gasteiger partial charge is 0.327 e. The topological polar surface area (TPSA) is 62.2 Å². The minimum atomic E-state index is -0.0452. The largest absolute Gasteiger partial charge is 0.492 e. The van der Waals surface area contributed by atoms with Crippen molar-refractivity contribution < 1.29 is 4.74 Å². The first kappa shape index (κ1) is 14.0. The number of aryl methyl sites for hydroxylation is 1. The summed E-state index contributed by atoms with van der Waals surface area (Å²) in [6, 6.07) is 7.50. The van der Waals surface area contributed by atoms with E-state index >= 15 is 0 Å². The highest BCUT2D eigenvalue weighted by Gasteiger charge is 2.00. The van der Waals surface area contributed by atoms with Crippen molar-refractivity contribution in [1.29, 1.82) is 0 Å². The Hall–Kier alpha value is -2.45. The average molecular weight is 271 g/mol. The number of hydrogen-bond acceptors (Lipinski definition) is 3. The van der Waals surface area contributed by atoms with Crippen molar-refractivity contribution in [2.75, 3.05) is 13.2 Å². The van der Waals surface area contributed by atoms with Crippen LogP contribution >= 0.6 is 0 Å². The number of nitrogens with two attached hydrogens (primary N) is 1. The minimum Gasteiger partial charge on any atom is -0.492 e. The number of imidazole rings is 1. The zero-order chi connectivity index (χ0) is 14.4. The number of aromatic nitrogens is 2. The van der Waals surface area contributed by atoms with Gasteiger partial charge in [0.05, 0.1) is 13.1 Å². The molecule has 2 rings (SSSR count).